The van der Waals surface area contributed by atoms with Crippen molar-refractivity contribution in [1.29, 1.82) is 0 Å². The predicted molar refractivity (Wildman–Crippen MR) is 67.9 cm³/mol. The molecular formula is C14H12FNO2. The van der Waals surface area contributed by atoms with Gasteiger partial charge >= 0.3 is 5.97 Å². The van der Waals surface area contributed by atoms with Gasteiger partial charge in [0.25, 0.3) is 0 Å². The lowest BCUT2D eigenvalue weighted by Gasteiger charge is -2.07. The monoisotopic (exact) mass is 245 g/mol. The lowest BCUT2D eigenvalue weighted by atomic mass is 10.00. The maximum atomic E-state index is 13.7. The van der Waals surface area contributed by atoms with Gasteiger partial charge in [-0.05, 0) is 36.8 Å². The molecule has 2 aromatic carbocycles. The van der Waals surface area contributed by atoms with Gasteiger partial charge in [0, 0.05) is 11.3 Å². The summed E-state index contributed by atoms with van der Waals surface area (Å²) in [7, 11) is 0. The molecule has 0 aliphatic rings. The highest BCUT2D eigenvalue weighted by Gasteiger charge is 2.11. The molecule has 0 spiro atoms. The minimum absolute atomic E-state index is 0.0200. The van der Waals surface area contributed by atoms with E-state index in [1.165, 1.54) is 18.2 Å². The Morgan fingerprint density at radius 1 is 1.22 bits per heavy atom. The van der Waals surface area contributed by atoms with Crippen LogP contribution in [-0.4, -0.2) is 11.1 Å². The number of hydrogen-bond acceptors (Lipinski definition) is 2. The van der Waals surface area contributed by atoms with Gasteiger partial charge in [0.2, 0.25) is 0 Å². The lowest BCUT2D eigenvalue weighted by molar-refractivity contribution is 0.0698. The van der Waals surface area contributed by atoms with Crippen LogP contribution in [0.4, 0.5) is 10.1 Å². The fourth-order valence-corrected chi connectivity index (χ4v) is 1.77. The van der Waals surface area contributed by atoms with Gasteiger partial charge in [0.1, 0.15) is 5.82 Å². The van der Waals surface area contributed by atoms with Crippen LogP contribution in [0.25, 0.3) is 11.1 Å². The number of aryl methyl sites for hydroxylation is 1. The Morgan fingerprint density at radius 3 is 2.61 bits per heavy atom. The van der Waals surface area contributed by atoms with Gasteiger partial charge < -0.3 is 10.8 Å². The zero-order valence-electron chi connectivity index (χ0n) is 9.77. The molecule has 0 saturated heterocycles. The minimum Gasteiger partial charge on any atom is -0.478 e. The Hall–Kier alpha value is -2.36. The number of nitrogens with two attached hydrogens (primary N) is 1. The summed E-state index contributed by atoms with van der Waals surface area (Å²) in [6, 6.07) is 9.16. The molecular weight excluding hydrogens is 233 g/mol. The molecule has 3 N–H and O–H groups in total. The van der Waals surface area contributed by atoms with Crippen molar-refractivity contribution >= 4 is 11.7 Å². The van der Waals surface area contributed by atoms with Crippen molar-refractivity contribution in [1.82, 2.24) is 0 Å². The number of carboxylic acids is 1. The molecule has 2 rings (SSSR count). The van der Waals surface area contributed by atoms with Crippen LogP contribution in [0.5, 0.6) is 0 Å². The smallest absolute Gasteiger partial charge is 0.337 e. The van der Waals surface area contributed by atoms with Gasteiger partial charge in [-0.1, -0.05) is 17.7 Å². The van der Waals surface area contributed by atoms with E-state index in [0.717, 1.165) is 5.56 Å². The third kappa shape index (κ3) is 2.18. The quantitative estimate of drug-likeness (QED) is 0.799. The van der Waals surface area contributed by atoms with Crippen LogP contribution in [0.2, 0.25) is 0 Å². The van der Waals surface area contributed by atoms with E-state index in [9.17, 15) is 9.18 Å². The summed E-state index contributed by atoms with van der Waals surface area (Å²) in [4.78, 5) is 11.0. The average Bonchev–Trinajstić information content (AvgIpc) is 2.33. The molecule has 18 heavy (non-hydrogen) atoms. The summed E-state index contributed by atoms with van der Waals surface area (Å²) in [5.74, 6) is -1.51. The molecule has 0 unspecified atom stereocenters. The third-order valence-electron chi connectivity index (χ3n) is 2.72. The van der Waals surface area contributed by atoms with Crippen LogP contribution >= 0.6 is 0 Å². The number of halogens is 1. The van der Waals surface area contributed by atoms with Crippen molar-refractivity contribution < 1.29 is 14.3 Å². The molecule has 0 bridgehead atoms. The summed E-state index contributed by atoms with van der Waals surface area (Å²) < 4.78 is 13.7. The van der Waals surface area contributed by atoms with Crippen LogP contribution in [0.3, 0.4) is 0 Å². The molecule has 0 saturated carbocycles. The molecule has 0 atom stereocenters. The van der Waals surface area contributed by atoms with Gasteiger partial charge in [0.05, 0.1) is 5.56 Å². The second-order valence-electron chi connectivity index (χ2n) is 4.09. The van der Waals surface area contributed by atoms with Gasteiger partial charge in [-0.3, -0.25) is 0 Å². The maximum Gasteiger partial charge on any atom is 0.337 e. The highest BCUT2D eigenvalue weighted by Crippen LogP contribution is 2.27. The summed E-state index contributed by atoms with van der Waals surface area (Å²) in [5, 5.41) is 8.99. The second kappa shape index (κ2) is 4.49. The largest absolute Gasteiger partial charge is 0.478 e. The molecule has 4 heteroatoms. The average molecular weight is 245 g/mol. The van der Waals surface area contributed by atoms with Crippen molar-refractivity contribution in [3.05, 3.63) is 53.3 Å². The van der Waals surface area contributed by atoms with E-state index in [0.29, 0.717) is 11.1 Å². The SMILES string of the molecule is Cc1ccc(F)c(-c2ccc(N)c(C(=O)O)c2)c1. The van der Waals surface area contributed by atoms with Gasteiger partial charge in [-0.15, -0.1) is 0 Å². The van der Waals surface area contributed by atoms with E-state index in [1.54, 1.807) is 18.2 Å². The zero-order chi connectivity index (χ0) is 13.3. The number of rotatable bonds is 2. The number of carboxylic acid groups (broad SMARTS) is 1. The Morgan fingerprint density at radius 2 is 1.94 bits per heavy atom. The van der Waals surface area contributed by atoms with E-state index < -0.39 is 5.97 Å². The number of benzene rings is 2. The molecule has 0 amide bonds. The lowest BCUT2D eigenvalue weighted by Crippen LogP contribution is -2.02. The van der Waals surface area contributed by atoms with Crippen LogP contribution < -0.4 is 5.73 Å². The number of hydrogen-bond donors (Lipinski definition) is 2. The number of aromatic carboxylic acids is 1. The van der Waals surface area contributed by atoms with Gasteiger partial charge in [-0.25, -0.2) is 9.18 Å². The predicted octanol–water partition coefficient (Wildman–Crippen LogP) is 3.08. The molecule has 3 nitrogen and oxygen atoms in total. The number of carbonyl (C=O) groups is 1. The first kappa shape index (κ1) is 12.1. The molecule has 0 fully saturated rings. The zero-order valence-corrected chi connectivity index (χ0v) is 9.77. The first-order valence-electron chi connectivity index (χ1n) is 5.38. The highest BCUT2D eigenvalue weighted by atomic mass is 19.1. The number of anilines is 1. The molecule has 0 aromatic heterocycles. The van der Waals surface area contributed by atoms with Crippen molar-refractivity contribution in [2.45, 2.75) is 6.92 Å². The fourth-order valence-electron chi connectivity index (χ4n) is 1.77. The van der Waals surface area contributed by atoms with Crippen molar-refractivity contribution in [3.8, 4) is 11.1 Å². The third-order valence-corrected chi connectivity index (χ3v) is 2.72. The van der Waals surface area contributed by atoms with Crippen LogP contribution in [0.1, 0.15) is 15.9 Å². The van der Waals surface area contributed by atoms with Gasteiger partial charge in [-0.2, -0.15) is 0 Å². The molecule has 0 aliphatic carbocycles. The Bertz CT molecular complexity index is 623. The minimum atomic E-state index is -1.12. The van der Waals surface area contributed by atoms with E-state index in [-0.39, 0.29) is 17.1 Å². The fraction of sp³-hybridized carbons (Fsp3) is 0.0714. The summed E-state index contributed by atoms with van der Waals surface area (Å²) in [6.45, 7) is 1.85. The van der Waals surface area contributed by atoms with E-state index in [2.05, 4.69) is 0 Å². The molecule has 0 radical (unpaired) electrons. The van der Waals surface area contributed by atoms with Crippen molar-refractivity contribution in [2.24, 2.45) is 0 Å². The van der Waals surface area contributed by atoms with Gasteiger partial charge in [0.15, 0.2) is 0 Å². The topological polar surface area (TPSA) is 63.3 Å². The second-order valence-corrected chi connectivity index (χ2v) is 4.09. The molecule has 0 aliphatic heterocycles. The molecule has 92 valence electrons. The summed E-state index contributed by atoms with van der Waals surface area (Å²) >= 11 is 0. The van der Waals surface area contributed by atoms with Crippen LogP contribution in [-0.2, 0) is 0 Å². The van der Waals surface area contributed by atoms with E-state index in [1.807, 2.05) is 6.92 Å². The highest BCUT2D eigenvalue weighted by molar-refractivity contribution is 5.95. The van der Waals surface area contributed by atoms with Crippen molar-refractivity contribution in [3.63, 3.8) is 0 Å². The molecule has 0 heterocycles. The summed E-state index contributed by atoms with van der Waals surface area (Å²) in [6.07, 6.45) is 0. The summed E-state index contributed by atoms with van der Waals surface area (Å²) in [5.41, 5.74) is 7.49. The van der Waals surface area contributed by atoms with E-state index >= 15 is 0 Å². The normalized spacial score (nSPS) is 10.3. The first-order valence-corrected chi connectivity index (χ1v) is 5.38. The standard InChI is InChI=1S/C14H12FNO2/c1-8-2-4-12(15)10(6-8)9-3-5-13(16)11(7-9)14(17)18/h2-7H,16H2,1H3,(H,17,18). The Balaban J connectivity index is 2.61. The van der Waals surface area contributed by atoms with Crippen LogP contribution in [0.15, 0.2) is 36.4 Å². The molecule has 2 aromatic rings. The van der Waals surface area contributed by atoms with E-state index in [4.69, 9.17) is 10.8 Å². The van der Waals surface area contributed by atoms with Crippen molar-refractivity contribution in [2.75, 3.05) is 5.73 Å². The van der Waals surface area contributed by atoms with Crippen LogP contribution in [0, 0.1) is 12.7 Å². The number of nitrogen functional groups attached to an aromatic ring is 1. The maximum absolute atomic E-state index is 13.7. The Labute approximate surface area is 104 Å². The Kier molecular flexibility index (Phi) is 3.02. The first-order chi connectivity index (χ1) is 8.49.